The molecule has 1 atom stereocenters. The number of likely N-dealkylation sites (N-methyl/N-ethyl adjacent to an activating group) is 1. The van der Waals surface area contributed by atoms with Crippen molar-refractivity contribution in [1.82, 2.24) is 14.5 Å². The minimum Gasteiger partial charge on any atom is -0.326 e. The molecule has 0 bridgehead atoms. The van der Waals surface area contributed by atoms with Crippen LogP contribution in [0.2, 0.25) is 0 Å². The summed E-state index contributed by atoms with van der Waals surface area (Å²) < 4.78 is 16.2. The molecule has 1 unspecified atom stereocenters. The molecule has 6 heteroatoms. The molecule has 0 aliphatic rings. The van der Waals surface area contributed by atoms with E-state index in [1.165, 1.54) is 6.07 Å². The fraction of sp³-hybridized carbons (Fsp3) is 0.533. The van der Waals surface area contributed by atoms with E-state index in [1.807, 2.05) is 4.57 Å². The van der Waals surface area contributed by atoms with Crippen molar-refractivity contribution in [2.45, 2.75) is 38.7 Å². The van der Waals surface area contributed by atoms with Crippen molar-refractivity contribution >= 4 is 38.6 Å². The summed E-state index contributed by atoms with van der Waals surface area (Å²) in [5.41, 5.74) is 1.56. The number of fused-ring (bicyclic) bond motifs is 1. The third-order valence-corrected chi connectivity index (χ3v) is 4.86. The molecule has 21 heavy (non-hydrogen) atoms. The predicted octanol–water partition coefficient (Wildman–Crippen LogP) is 4.41. The highest BCUT2D eigenvalue weighted by molar-refractivity contribution is 9.10. The highest BCUT2D eigenvalue weighted by Gasteiger charge is 2.14. The van der Waals surface area contributed by atoms with Crippen LogP contribution >= 0.6 is 27.5 Å². The molecule has 0 aliphatic carbocycles. The van der Waals surface area contributed by atoms with Gasteiger partial charge >= 0.3 is 0 Å². The van der Waals surface area contributed by atoms with Crippen molar-refractivity contribution in [3.8, 4) is 0 Å². The van der Waals surface area contributed by atoms with E-state index < -0.39 is 0 Å². The van der Waals surface area contributed by atoms with Crippen molar-refractivity contribution in [2.24, 2.45) is 0 Å². The summed E-state index contributed by atoms with van der Waals surface area (Å²) in [6.45, 7) is 6.00. The summed E-state index contributed by atoms with van der Waals surface area (Å²) in [6.07, 6.45) is 1.10. The lowest BCUT2D eigenvalue weighted by Crippen LogP contribution is -2.31. The largest absolute Gasteiger partial charge is 0.326 e. The maximum Gasteiger partial charge on any atom is 0.139 e. The van der Waals surface area contributed by atoms with Crippen LogP contribution in [0.5, 0.6) is 0 Å². The Morgan fingerprint density at radius 3 is 2.81 bits per heavy atom. The van der Waals surface area contributed by atoms with E-state index in [0.29, 0.717) is 16.4 Å². The molecule has 0 saturated carbocycles. The molecule has 116 valence electrons. The van der Waals surface area contributed by atoms with Gasteiger partial charge in [-0.25, -0.2) is 9.37 Å². The average Bonchev–Trinajstić information content (AvgIpc) is 2.81. The number of halogens is 3. The van der Waals surface area contributed by atoms with Gasteiger partial charge in [0, 0.05) is 25.2 Å². The molecule has 2 aromatic rings. The lowest BCUT2D eigenvalue weighted by Gasteiger charge is -2.24. The van der Waals surface area contributed by atoms with Gasteiger partial charge in [0.25, 0.3) is 0 Å². The van der Waals surface area contributed by atoms with Gasteiger partial charge < -0.3 is 9.47 Å². The van der Waals surface area contributed by atoms with Gasteiger partial charge in [-0.2, -0.15) is 0 Å². The molecule has 0 saturated heterocycles. The van der Waals surface area contributed by atoms with Gasteiger partial charge in [-0.1, -0.05) is 6.92 Å². The third-order valence-electron chi connectivity index (χ3n) is 4.01. The topological polar surface area (TPSA) is 21.1 Å². The molecule has 0 spiro atoms. The summed E-state index contributed by atoms with van der Waals surface area (Å²) in [4.78, 5) is 6.78. The lowest BCUT2D eigenvalue weighted by molar-refractivity contribution is 0.243. The number of imidazole rings is 1. The summed E-state index contributed by atoms with van der Waals surface area (Å²) in [5, 5.41) is 0. The molecular formula is C15H20BrClFN3. The Balaban J connectivity index is 2.31. The van der Waals surface area contributed by atoms with Crippen molar-refractivity contribution in [3.05, 3.63) is 28.2 Å². The fourth-order valence-electron chi connectivity index (χ4n) is 2.31. The van der Waals surface area contributed by atoms with Crippen molar-refractivity contribution in [3.63, 3.8) is 0 Å². The van der Waals surface area contributed by atoms with Gasteiger partial charge in [-0.3, -0.25) is 0 Å². The Morgan fingerprint density at radius 2 is 2.19 bits per heavy atom. The first-order chi connectivity index (χ1) is 9.97. The van der Waals surface area contributed by atoms with E-state index >= 15 is 0 Å². The van der Waals surface area contributed by atoms with Crippen molar-refractivity contribution in [2.75, 3.05) is 13.6 Å². The standard InChI is InChI=1S/C15H20BrClFN3/c1-4-10(2)20(3)5-6-21-14-8-12(18)11(16)7-13(14)19-15(21)9-17/h7-8,10H,4-6,9H2,1-3H3. The molecule has 0 fully saturated rings. The first kappa shape index (κ1) is 16.7. The minimum atomic E-state index is -0.278. The first-order valence-corrected chi connectivity index (χ1v) is 8.41. The molecule has 0 aliphatic heterocycles. The summed E-state index contributed by atoms with van der Waals surface area (Å²) in [6, 6.07) is 3.74. The zero-order chi connectivity index (χ0) is 15.6. The number of alkyl halides is 1. The van der Waals surface area contributed by atoms with Crippen LogP contribution in [0.1, 0.15) is 26.1 Å². The van der Waals surface area contributed by atoms with Crippen LogP contribution in [0.15, 0.2) is 16.6 Å². The van der Waals surface area contributed by atoms with Gasteiger partial charge in [-0.15, -0.1) is 11.6 Å². The smallest absolute Gasteiger partial charge is 0.139 e. The zero-order valence-electron chi connectivity index (χ0n) is 12.5. The van der Waals surface area contributed by atoms with Gasteiger partial charge in [0.05, 0.1) is 21.4 Å². The van der Waals surface area contributed by atoms with Crippen LogP contribution in [-0.2, 0) is 12.4 Å². The van der Waals surface area contributed by atoms with E-state index in [2.05, 4.69) is 46.7 Å². The quantitative estimate of drug-likeness (QED) is 0.696. The van der Waals surface area contributed by atoms with E-state index in [9.17, 15) is 4.39 Å². The summed E-state index contributed by atoms with van der Waals surface area (Å²) >= 11 is 9.18. The Morgan fingerprint density at radius 1 is 1.48 bits per heavy atom. The Bertz CT molecular complexity index is 629. The van der Waals surface area contributed by atoms with Gasteiger partial charge in [-0.05, 0) is 42.4 Å². The monoisotopic (exact) mass is 375 g/mol. The van der Waals surface area contributed by atoms with Crippen LogP contribution in [0.4, 0.5) is 4.39 Å². The van der Waals surface area contributed by atoms with Crippen LogP contribution < -0.4 is 0 Å². The second-order valence-electron chi connectivity index (χ2n) is 5.31. The molecule has 2 rings (SSSR count). The molecule has 0 radical (unpaired) electrons. The number of hydrogen-bond donors (Lipinski definition) is 0. The van der Waals surface area contributed by atoms with Crippen molar-refractivity contribution < 1.29 is 4.39 Å². The van der Waals surface area contributed by atoms with E-state index in [-0.39, 0.29) is 5.82 Å². The van der Waals surface area contributed by atoms with Crippen LogP contribution in [0.25, 0.3) is 11.0 Å². The summed E-state index contributed by atoms with van der Waals surface area (Å²) in [7, 11) is 2.10. The molecule has 3 nitrogen and oxygen atoms in total. The molecule has 0 N–H and O–H groups in total. The van der Waals surface area contributed by atoms with Gasteiger partial charge in [0.2, 0.25) is 0 Å². The Kier molecular flexibility index (Phi) is 5.63. The second-order valence-corrected chi connectivity index (χ2v) is 6.43. The van der Waals surface area contributed by atoms with Crippen LogP contribution in [0, 0.1) is 5.82 Å². The molecule has 1 heterocycles. The molecule has 1 aromatic heterocycles. The molecule has 1 aromatic carbocycles. The highest BCUT2D eigenvalue weighted by atomic mass is 79.9. The normalized spacial score (nSPS) is 13.3. The number of hydrogen-bond acceptors (Lipinski definition) is 2. The van der Waals surface area contributed by atoms with E-state index in [0.717, 1.165) is 36.4 Å². The lowest BCUT2D eigenvalue weighted by atomic mass is 10.2. The maximum atomic E-state index is 13.8. The third kappa shape index (κ3) is 3.58. The molecular weight excluding hydrogens is 357 g/mol. The average molecular weight is 377 g/mol. The SMILES string of the molecule is CCC(C)N(C)CCn1c(CCl)nc2cc(Br)c(F)cc21. The summed E-state index contributed by atoms with van der Waals surface area (Å²) in [5.74, 6) is 0.822. The minimum absolute atomic E-state index is 0.278. The first-order valence-electron chi connectivity index (χ1n) is 7.08. The van der Waals surface area contributed by atoms with E-state index in [4.69, 9.17) is 11.6 Å². The number of nitrogens with zero attached hydrogens (tertiary/aromatic N) is 3. The van der Waals surface area contributed by atoms with Gasteiger partial charge in [0.15, 0.2) is 0 Å². The second kappa shape index (κ2) is 7.07. The van der Waals surface area contributed by atoms with E-state index in [1.54, 1.807) is 6.07 Å². The highest BCUT2D eigenvalue weighted by Crippen LogP contribution is 2.25. The molecule has 0 amide bonds. The van der Waals surface area contributed by atoms with Crippen LogP contribution in [-0.4, -0.2) is 34.1 Å². The number of benzene rings is 1. The zero-order valence-corrected chi connectivity index (χ0v) is 14.9. The predicted molar refractivity (Wildman–Crippen MR) is 89.3 cm³/mol. The Hall–Kier alpha value is -0.650. The van der Waals surface area contributed by atoms with Crippen LogP contribution in [0.3, 0.4) is 0 Å². The number of aromatic nitrogens is 2. The Labute approximate surface area is 138 Å². The van der Waals surface area contributed by atoms with Crippen molar-refractivity contribution in [1.29, 1.82) is 0 Å². The fourth-order valence-corrected chi connectivity index (χ4v) is 2.85. The number of rotatable bonds is 6. The van der Waals surface area contributed by atoms with Gasteiger partial charge in [0.1, 0.15) is 11.6 Å². The maximum absolute atomic E-state index is 13.8.